The number of para-hydroxylation sites is 1. The number of anilines is 1. The first-order valence-corrected chi connectivity index (χ1v) is 12.5. The summed E-state index contributed by atoms with van der Waals surface area (Å²) in [6.07, 6.45) is 2.10. The zero-order valence-electron chi connectivity index (χ0n) is 18.2. The summed E-state index contributed by atoms with van der Waals surface area (Å²) >= 11 is 2.56. The van der Waals surface area contributed by atoms with E-state index in [4.69, 9.17) is 4.74 Å². The Morgan fingerprint density at radius 2 is 2.06 bits per heavy atom. The third-order valence-corrected chi connectivity index (χ3v) is 7.06. The van der Waals surface area contributed by atoms with Crippen molar-refractivity contribution in [3.05, 3.63) is 51.1 Å². The lowest BCUT2D eigenvalue weighted by Gasteiger charge is -2.16. The molecule has 1 aromatic carbocycles. The highest BCUT2D eigenvalue weighted by molar-refractivity contribution is 7.99. The van der Waals surface area contributed by atoms with Crippen LogP contribution in [-0.4, -0.2) is 33.8 Å². The number of rotatable bonds is 8. The maximum atomic E-state index is 12.9. The first-order chi connectivity index (χ1) is 15.4. The van der Waals surface area contributed by atoms with Crippen molar-refractivity contribution in [3.63, 3.8) is 0 Å². The van der Waals surface area contributed by atoms with Gasteiger partial charge in [0, 0.05) is 6.04 Å². The minimum atomic E-state index is -0.400. The quantitative estimate of drug-likeness (QED) is 0.288. The van der Waals surface area contributed by atoms with Gasteiger partial charge in [-0.3, -0.25) is 14.2 Å². The molecule has 3 aromatic rings. The Balaban J connectivity index is 1.54. The number of thioether (sulfide) groups is 1. The monoisotopic (exact) mass is 471 g/mol. The number of fused-ring (bicyclic) bond motifs is 1. The fourth-order valence-electron chi connectivity index (χ4n) is 3.55. The molecule has 1 aliphatic rings. The van der Waals surface area contributed by atoms with Crippen LogP contribution in [0.25, 0.3) is 10.9 Å². The molecule has 0 radical (unpaired) electrons. The van der Waals surface area contributed by atoms with Crippen LogP contribution in [0.1, 0.15) is 61.5 Å². The minimum absolute atomic E-state index is 0.0659. The second kappa shape index (κ2) is 9.46. The number of carbonyl (C=O) groups excluding carboxylic acids is 2. The molecule has 0 unspecified atom stereocenters. The molecular weight excluding hydrogens is 446 g/mol. The van der Waals surface area contributed by atoms with Crippen molar-refractivity contribution in [2.75, 3.05) is 17.7 Å². The van der Waals surface area contributed by atoms with Crippen molar-refractivity contribution in [3.8, 4) is 0 Å². The fourth-order valence-corrected chi connectivity index (χ4v) is 5.52. The third-order valence-electron chi connectivity index (χ3n) is 5.19. The highest BCUT2D eigenvalue weighted by Gasteiger charge is 2.32. The molecule has 1 aliphatic carbocycles. The second-order valence-electron chi connectivity index (χ2n) is 7.91. The number of esters is 1. The smallest absolute Gasteiger partial charge is 0.341 e. The Morgan fingerprint density at radius 1 is 1.31 bits per heavy atom. The van der Waals surface area contributed by atoms with Crippen molar-refractivity contribution < 1.29 is 14.3 Å². The Kier molecular flexibility index (Phi) is 6.66. The standard InChI is InChI=1S/C23H25N3O4S2/c1-4-30-22(29)19-16(14-9-10-14)11-31-20(19)25-18(27)12-32-23-24-17-8-6-5-7-15(17)21(28)26(23)13(2)3/h5-8,11,13-14H,4,9-10,12H2,1-3H3,(H,25,27). The highest BCUT2D eigenvalue weighted by atomic mass is 32.2. The summed E-state index contributed by atoms with van der Waals surface area (Å²) in [5.74, 6) is -0.227. The lowest BCUT2D eigenvalue weighted by atomic mass is 10.1. The maximum absolute atomic E-state index is 12.9. The van der Waals surface area contributed by atoms with Gasteiger partial charge in [-0.05, 0) is 62.6 Å². The van der Waals surface area contributed by atoms with Crippen LogP contribution in [0.4, 0.5) is 5.00 Å². The van der Waals surface area contributed by atoms with Crippen LogP contribution in [0.2, 0.25) is 0 Å². The molecule has 1 fully saturated rings. The minimum Gasteiger partial charge on any atom is -0.462 e. The average molecular weight is 472 g/mol. The van der Waals surface area contributed by atoms with E-state index in [9.17, 15) is 14.4 Å². The molecule has 0 atom stereocenters. The molecule has 2 aromatic heterocycles. The number of benzene rings is 1. The SMILES string of the molecule is CCOC(=O)c1c(C2CC2)csc1NC(=O)CSc1nc2ccccc2c(=O)n1C(C)C. The van der Waals surface area contributed by atoms with E-state index in [-0.39, 0.29) is 29.9 Å². The number of hydrogen-bond donors (Lipinski definition) is 1. The third kappa shape index (κ3) is 4.59. The molecule has 1 amide bonds. The molecule has 32 heavy (non-hydrogen) atoms. The predicted octanol–water partition coefficient (Wildman–Crippen LogP) is 4.82. The molecule has 0 bridgehead atoms. The lowest BCUT2D eigenvalue weighted by Crippen LogP contribution is -2.25. The van der Waals surface area contributed by atoms with Crippen LogP contribution in [0, 0.1) is 0 Å². The highest BCUT2D eigenvalue weighted by Crippen LogP contribution is 2.46. The van der Waals surface area contributed by atoms with Crippen LogP contribution in [0.5, 0.6) is 0 Å². The van der Waals surface area contributed by atoms with E-state index in [0.29, 0.717) is 32.5 Å². The summed E-state index contributed by atoms with van der Waals surface area (Å²) in [6, 6.07) is 7.10. The van der Waals surface area contributed by atoms with E-state index < -0.39 is 5.97 Å². The number of carbonyl (C=O) groups is 2. The largest absolute Gasteiger partial charge is 0.462 e. The number of amides is 1. The molecular formula is C23H25N3O4S2. The van der Waals surface area contributed by atoms with Crippen molar-refractivity contribution in [2.24, 2.45) is 0 Å². The van der Waals surface area contributed by atoms with Gasteiger partial charge >= 0.3 is 5.97 Å². The Bertz CT molecular complexity index is 1230. The summed E-state index contributed by atoms with van der Waals surface area (Å²) in [4.78, 5) is 42.8. The van der Waals surface area contributed by atoms with Crippen molar-refractivity contribution >= 4 is 50.9 Å². The summed E-state index contributed by atoms with van der Waals surface area (Å²) < 4.78 is 6.83. The van der Waals surface area contributed by atoms with Crippen LogP contribution >= 0.6 is 23.1 Å². The predicted molar refractivity (Wildman–Crippen MR) is 128 cm³/mol. The maximum Gasteiger partial charge on any atom is 0.341 e. The molecule has 1 N–H and O–H groups in total. The van der Waals surface area contributed by atoms with Gasteiger partial charge in [-0.2, -0.15) is 0 Å². The number of aromatic nitrogens is 2. The number of ether oxygens (including phenoxy) is 1. The molecule has 0 saturated heterocycles. The van der Waals surface area contributed by atoms with Crippen molar-refractivity contribution in [1.29, 1.82) is 0 Å². The van der Waals surface area contributed by atoms with Gasteiger partial charge in [0.25, 0.3) is 5.56 Å². The van der Waals surface area contributed by atoms with E-state index in [1.165, 1.54) is 23.1 Å². The van der Waals surface area contributed by atoms with Gasteiger partial charge < -0.3 is 10.1 Å². The first-order valence-electron chi connectivity index (χ1n) is 10.6. The summed E-state index contributed by atoms with van der Waals surface area (Å²) in [5.41, 5.74) is 1.92. The molecule has 1 saturated carbocycles. The van der Waals surface area contributed by atoms with Crippen molar-refractivity contribution in [1.82, 2.24) is 9.55 Å². The molecule has 0 spiro atoms. The molecule has 168 valence electrons. The van der Waals surface area contributed by atoms with Gasteiger partial charge in [0.1, 0.15) is 5.00 Å². The van der Waals surface area contributed by atoms with Gasteiger partial charge in [0.2, 0.25) is 5.91 Å². The van der Waals surface area contributed by atoms with Gasteiger partial charge in [-0.15, -0.1) is 11.3 Å². The average Bonchev–Trinajstić information content (AvgIpc) is 3.52. The molecule has 0 aliphatic heterocycles. The molecule has 4 rings (SSSR count). The van der Waals surface area contributed by atoms with Gasteiger partial charge in [0.05, 0.1) is 28.8 Å². The van der Waals surface area contributed by atoms with Gasteiger partial charge in [0.15, 0.2) is 5.16 Å². The molecule has 2 heterocycles. The Hall–Kier alpha value is -2.65. The zero-order chi connectivity index (χ0) is 22.8. The van der Waals surface area contributed by atoms with Gasteiger partial charge in [-0.1, -0.05) is 23.9 Å². The topological polar surface area (TPSA) is 90.3 Å². The fraction of sp³-hybridized carbons (Fsp3) is 0.391. The van der Waals surface area contributed by atoms with E-state index in [1.54, 1.807) is 23.6 Å². The van der Waals surface area contributed by atoms with E-state index >= 15 is 0 Å². The Labute approximate surface area is 194 Å². The van der Waals surface area contributed by atoms with E-state index in [1.807, 2.05) is 31.4 Å². The number of nitrogens with zero attached hydrogens (tertiary/aromatic N) is 2. The summed E-state index contributed by atoms with van der Waals surface area (Å²) in [5, 5.41) is 6.37. The number of nitrogens with one attached hydrogen (secondary N) is 1. The molecule has 7 nitrogen and oxygen atoms in total. The van der Waals surface area contributed by atoms with E-state index in [2.05, 4.69) is 10.3 Å². The second-order valence-corrected chi connectivity index (χ2v) is 9.73. The lowest BCUT2D eigenvalue weighted by molar-refractivity contribution is -0.113. The normalized spacial score (nSPS) is 13.5. The van der Waals surface area contributed by atoms with Crippen molar-refractivity contribution in [2.45, 2.75) is 50.7 Å². The first kappa shape index (κ1) is 22.5. The van der Waals surface area contributed by atoms with Crippen LogP contribution in [-0.2, 0) is 9.53 Å². The Morgan fingerprint density at radius 3 is 2.75 bits per heavy atom. The number of thiophene rings is 1. The van der Waals surface area contributed by atoms with Crippen LogP contribution in [0.3, 0.4) is 0 Å². The molecule has 9 heteroatoms. The number of hydrogen-bond acceptors (Lipinski definition) is 7. The van der Waals surface area contributed by atoms with Crippen LogP contribution < -0.4 is 10.9 Å². The van der Waals surface area contributed by atoms with Gasteiger partial charge in [-0.25, -0.2) is 9.78 Å². The van der Waals surface area contributed by atoms with E-state index in [0.717, 1.165) is 18.4 Å². The summed E-state index contributed by atoms with van der Waals surface area (Å²) in [7, 11) is 0. The van der Waals surface area contributed by atoms with Crippen LogP contribution in [0.15, 0.2) is 39.6 Å². The summed E-state index contributed by atoms with van der Waals surface area (Å²) in [6.45, 7) is 5.88. The zero-order valence-corrected chi connectivity index (χ0v) is 19.8.